The first-order valence-electron chi connectivity index (χ1n) is 10.5. The number of benzene rings is 2. The Kier molecular flexibility index (Phi) is 8.05. The molecule has 3 rings (SSSR count). The molecule has 168 valence electrons. The van der Waals surface area contributed by atoms with Crippen LogP contribution in [0.5, 0.6) is 0 Å². The number of nitrogens with one attached hydrogen (secondary N) is 1. The standard InChI is InChI=1S/C24H27N3O4S/c1-4-31-22(29)10-7-13-25-21(28)15-32-24-26-19-9-6-5-8-18(19)23(30)27(24)20-12-11-16(2)14-17(20)3/h5-6,8-9,11-12,14H,4,7,10,13,15H2,1-3H3,(H,25,28). The molecule has 0 saturated carbocycles. The largest absolute Gasteiger partial charge is 0.466 e. The first-order valence-corrected chi connectivity index (χ1v) is 11.5. The maximum absolute atomic E-state index is 13.3. The second-order valence-corrected chi connectivity index (χ2v) is 8.33. The van der Waals surface area contributed by atoms with Gasteiger partial charge in [0.15, 0.2) is 5.16 Å². The van der Waals surface area contributed by atoms with Crippen LogP contribution in [0.25, 0.3) is 16.6 Å². The number of nitrogens with zero attached hydrogens (tertiary/aromatic N) is 2. The van der Waals surface area contributed by atoms with Crippen LogP contribution in [0.1, 0.15) is 30.9 Å². The molecule has 0 spiro atoms. The van der Waals surface area contributed by atoms with Crippen LogP contribution in [0.4, 0.5) is 0 Å². The van der Waals surface area contributed by atoms with Gasteiger partial charge in [0.1, 0.15) is 0 Å². The van der Waals surface area contributed by atoms with Gasteiger partial charge in [-0.05, 0) is 51.0 Å². The van der Waals surface area contributed by atoms with Crippen molar-refractivity contribution in [3.63, 3.8) is 0 Å². The van der Waals surface area contributed by atoms with Crippen LogP contribution in [-0.2, 0) is 14.3 Å². The third kappa shape index (κ3) is 5.76. The Bertz CT molecular complexity index is 1190. The summed E-state index contributed by atoms with van der Waals surface area (Å²) in [6.07, 6.45) is 0.774. The Morgan fingerprint density at radius 1 is 1.16 bits per heavy atom. The monoisotopic (exact) mass is 453 g/mol. The van der Waals surface area contributed by atoms with Crippen molar-refractivity contribution >= 4 is 34.5 Å². The smallest absolute Gasteiger partial charge is 0.305 e. The Morgan fingerprint density at radius 2 is 1.94 bits per heavy atom. The number of carbonyl (C=O) groups is 2. The van der Waals surface area contributed by atoms with Gasteiger partial charge in [-0.3, -0.25) is 19.0 Å². The summed E-state index contributed by atoms with van der Waals surface area (Å²) in [6, 6.07) is 13.1. The lowest BCUT2D eigenvalue weighted by Crippen LogP contribution is -2.28. The van der Waals surface area contributed by atoms with Crippen LogP contribution in [-0.4, -0.2) is 40.3 Å². The van der Waals surface area contributed by atoms with Crippen LogP contribution in [0, 0.1) is 13.8 Å². The topological polar surface area (TPSA) is 90.3 Å². The molecule has 1 N–H and O–H groups in total. The van der Waals surface area contributed by atoms with Gasteiger partial charge in [0.25, 0.3) is 5.56 Å². The Labute approximate surface area is 191 Å². The number of aryl methyl sites for hydroxylation is 2. The van der Waals surface area contributed by atoms with Crippen LogP contribution >= 0.6 is 11.8 Å². The molecule has 0 bridgehead atoms. The fourth-order valence-electron chi connectivity index (χ4n) is 3.35. The van der Waals surface area contributed by atoms with Gasteiger partial charge in [-0.15, -0.1) is 0 Å². The summed E-state index contributed by atoms with van der Waals surface area (Å²) in [5.41, 5.74) is 3.23. The summed E-state index contributed by atoms with van der Waals surface area (Å²) < 4.78 is 6.46. The molecule has 2 aromatic carbocycles. The minimum Gasteiger partial charge on any atom is -0.466 e. The average Bonchev–Trinajstić information content (AvgIpc) is 2.76. The van der Waals surface area contributed by atoms with E-state index in [1.807, 2.05) is 44.2 Å². The van der Waals surface area contributed by atoms with E-state index in [0.29, 0.717) is 35.6 Å². The first kappa shape index (κ1) is 23.5. The zero-order chi connectivity index (χ0) is 23.1. The van der Waals surface area contributed by atoms with Crippen LogP contribution in [0.2, 0.25) is 0 Å². The third-order valence-electron chi connectivity index (χ3n) is 4.86. The molecule has 7 nitrogen and oxygen atoms in total. The van der Waals surface area contributed by atoms with Crippen molar-refractivity contribution in [3.05, 3.63) is 63.9 Å². The van der Waals surface area contributed by atoms with Gasteiger partial charge in [0.05, 0.1) is 29.0 Å². The third-order valence-corrected chi connectivity index (χ3v) is 5.79. The van der Waals surface area contributed by atoms with E-state index in [1.54, 1.807) is 23.6 Å². The Balaban J connectivity index is 1.79. The average molecular weight is 454 g/mol. The molecule has 1 heterocycles. The predicted molar refractivity (Wildman–Crippen MR) is 126 cm³/mol. The number of thioether (sulfide) groups is 1. The number of hydrogen-bond donors (Lipinski definition) is 1. The molecule has 0 unspecified atom stereocenters. The molecule has 32 heavy (non-hydrogen) atoms. The highest BCUT2D eigenvalue weighted by atomic mass is 32.2. The van der Waals surface area contributed by atoms with Gasteiger partial charge >= 0.3 is 5.97 Å². The van der Waals surface area contributed by atoms with E-state index in [4.69, 9.17) is 4.74 Å². The van der Waals surface area contributed by atoms with Gasteiger partial charge in [-0.1, -0.05) is 41.6 Å². The number of amides is 1. The molecule has 0 aliphatic carbocycles. The predicted octanol–water partition coefficient (Wildman–Crippen LogP) is 3.55. The van der Waals surface area contributed by atoms with Crippen LogP contribution in [0.3, 0.4) is 0 Å². The number of hydrogen-bond acceptors (Lipinski definition) is 6. The van der Waals surface area contributed by atoms with Crippen molar-refractivity contribution in [2.24, 2.45) is 0 Å². The zero-order valence-electron chi connectivity index (χ0n) is 18.5. The summed E-state index contributed by atoms with van der Waals surface area (Å²) in [7, 11) is 0. The summed E-state index contributed by atoms with van der Waals surface area (Å²) in [5.74, 6) is -0.350. The quantitative estimate of drug-likeness (QED) is 0.231. The molecule has 3 aromatic rings. The minimum atomic E-state index is -0.269. The number of fused-ring (bicyclic) bond motifs is 1. The van der Waals surface area contributed by atoms with E-state index in [-0.39, 0.29) is 29.6 Å². The summed E-state index contributed by atoms with van der Waals surface area (Å²) in [5, 5.41) is 3.79. The van der Waals surface area contributed by atoms with Crippen LogP contribution < -0.4 is 10.9 Å². The second-order valence-electron chi connectivity index (χ2n) is 7.39. The second kappa shape index (κ2) is 10.9. The summed E-state index contributed by atoms with van der Waals surface area (Å²) in [6.45, 7) is 6.44. The molecular weight excluding hydrogens is 426 g/mol. The molecule has 1 aromatic heterocycles. The molecule has 1 amide bonds. The Morgan fingerprint density at radius 3 is 2.69 bits per heavy atom. The number of esters is 1. The molecule has 0 radical (unpaired) electrons. The van der Waals surface area contributed by atoms with Gasteiger partial charge in [-0.25, -0.2) is 4.98 Å². The Hall–Kier alpha value is -3.13. The van der Waals surface area contributed by atoms with Crippen molar-refractivity contribution in [2.45, 2.75) is 38.8 Å². The highest BCUT2D eigenvalue weighted by molar-refractivity contribution is 7.99. The number of carbonyl (C=O) groups excluding carboxylic acids is 2. The molecule has 0 saturated heterocycles. The van der Waals surface area contributed by atoms with Crippen molar-refractivity contribution in [1.29, 1.82) is 0 Å². The lowest BCUT2D eigenvalue weighted by atomic mass is 10.1. The van der Waals surface area contributed by atoms with Crippen molar-refractivity contribution < 1.29 is 14.3 Å². The number of rotatable bonds is 9. The van der Waals surface area contributed by atoms with E-state index in [0.717, 1.165) is 16.8 Å². The van der Waals surface area contributed by atoms with E-state index in [2.05, 4.69) is 10.3 Å². The fraction of sp³-hybridized carbons (Fsp3) is 0.333. The van der Waals surface area contributed by atoms with E-state index < -0.39 is 0 Å². The van der Waals surface area contributed by atoms with E-state index in [9.17, 15) is 14.4 Å². The van der Waals surface area contributed by atoms with Gasteiger partial charge in [-0.2, -0.15) is 0 Å². The molecule has 0 aliphatic rings. The summed E-state index contributed by atoms with van der Waals surface area (Å²) in [4.78, 5) is 41.7. The lowest BCUT2D eigenvalue weighted by Gasteiger charge is -2.15. The number of ether oxygens (including phenoxy) is 1. The lowest BCUT2D eigenvalue weighted by molar-refractivity contribution is -0.143. The normalized spacial score (nSPS) is 10.8. The van der Waals surface area contributed by atoms with Crippen molar-refractivity contribution in [3.8, 4) is 5.69 Å². The first-order chi connectivity index (χ1) is 15.4. The van der Waals surface area contributed by atoms with Crippen molar-refractivity contribution in [2.75, 3.05) is 18.9 Å². The maximum Gasteiger partial charge on any atom is 0.305 e. The molecule has 8 heteroatoms. The van der Waals surface area contributed by atoms with Crippen molar-refractivity contribution in [1.82, 2.24) is 14.9 Å². The number of para-hydroxylation sites is 1. The molecule has 0 aliphatic heterocycles. The molecule has 0 fully saturated rings. The van der Waals surface area contributed by atoms with E-state index in [1.165, 1.54) is 11.8 Å². The maximum atomic E-state index is 13.3. The summed E-state index contributed by atoms with van der Waals surface area (Å²) >= 11 is 1.21. The SMILES string of the molecule is CCOC(=O)CCCNC(=O)CSc1nc2ccccc2c(=O)n1-c1ccc(C)cc1C. The van der Waals surface area contributed by atoms with E-state index >= 15 is 0 Å². The fourth-order valence-corrected chi connectivity index (χ4v) is 4.19. The number of aromatic nitrogens is 2. The van der Waals surface area contributed by atoms with Crippen LogP contribution in [0.15, 0.2) is 52.4 Å². The van der Waals surface area contributed by atoms with Gasteiger partial charge in [0.2, 0.25) is 5.91 Å². The highest BCUT2D eigenvalue weighted by Gasteiger charge is 2.16. The van der Waals surface area contributed by atoms with Gasteiger partial charge in [0, 0.05) is 13.0 Å². The zero-order valence-corrected chi connectivity index (χ0v) is 19.3. The molecule has 0 atom stereocenters. The minimum absolute atomic E-state index is 0.106. The van der Waals surface area contributed by atoms with Gasteiger partial charge < -0.3 is 10.1 Å². The highest BCUT2D eigenvalue weighted by Crippen LogP contribution is 2.23. The molecular formula is C24H27N3O4S.